The molecule has 0 aliphatic carbocycles. The van der Waals surface area contributed by atoms with E-state index in [1.807, 2.05) is 13.0 Å². The van der Waals surface area contributed by atoms with Crippen molar-refractivity contribution in [1.82, 2.24) is 10.1 Å². The fourth-order valence-corrected chi connectivity index (χ4v) is 2.51. The van der Waals surface area contributed by atoms with E-state index in [0.717, 1.165) is 5.39 Å². The maximum absolute atomic E-state index is 11.5. The molecule has 106 valence electrons. The lowest BCUT2D eigenvalue weighted by molar-refractivity contribution is 0.0695. The van der Waals surface area contributed by atoms with Gasteiger partial charge in [-0.25, -0.2) is 4.79 Å². The van der Waals surface area contributed by atoms with Crippen molar-refractivity contribution < 1.29 is 14.4 Å². The Kier molecular flexibility index (Phi) is 3.35. The zero-order valence-electron chi connectivity index (χ0n) is 11.1. The minimum atomic E-state index is -1.07. The van der Waals surface area contributed by atoms with Crippen LogP contribution in [-0.2, 0) is 6.42 Å². The van der Waals surface area contributed by atoms with Gasteiger partial charge < -0.3 is 9.63 Å². The van der Waals surface area contributed by atoms with Gasteiger partial charge in [0.25, 0.3) is 0 Å². The molecule has 1 aromatic carbocycles. The summed E-state index contributed by atoms with van der Waals surface area (Å²) in [4.78, 5) is 15.8. The Morgan fingerprint density at radius 3 is 2.90 bits per heavy atom. The molecular weight excluding hydrogens is 292 g/mol. The number of benzene rings is 1. The van der Waals surface area contributed by atoms with Gasteiger partial charge in [-0.2, -0.15) is 0 Å². The van der Waals surface area contributed by atoms with E-state index in [-0.39, 0.29) is 11.3 Å². The zero-order chi connectivity index (χ0) is 15.0. The topological polar surface area (TPSA) is 76.2 Å². The molecular formula is C15H11ClN2O3. The van der Waals surface area contributed by atoms with Crippen LogP contribution < -0.4 is 0 Å². The Bertz CT molecular complexity index is 842. The summed E-state index contributed by atoms with van der Waals surface area (Å²) < 4.78 is 5.15. The number of hydrogen-bond donors (Lipinski definition) is 1. The first-order valence-electron chi connectivity index (χ1n) is 6.39. The van der Waals surface area contributed by atoms with Crippen LogP contribution in [0.1, 0.15) is 23.0 Å². The van der Waals surface area contributed by atoms with E-state index < -0.39 is 5.97 Å². The van der Waals surface area contributed by atoms with Gasteiger partial charge in [0.05, 0.1) is 10.5 Å². The molecule has 0 saturated heterocycles. The largest absolute Gasteiger partial charge is 0.477 e. The van der Waals surface area contributed by atoms with Crippen molar-refractivity contribution >= 4 is 28.5 Å². The number of carboxylic acids is 1. The van der Waals surface area contributed by atoms with Gasteiger partial charge in [0.2, 0.25) is 0 Å². The number of carboxylic acid groups (broad SMARTS) is 1. The number of rotatable bonds is 3. The highest BCUT2D eigenvalue weighted by Crippen LogP contribution is 2.33. The molecule has 0 unspecified atom stereocenters. The van der Waals surface area contributed by atoms with Gasteiger partial charge in [-0.05, 0) is 24.3 Å². The van der Waals surface area contributed by atoms with Crippen molar-refractivity contribution in [3.05, 3.63) is 46.8 Å². The van der Waals surface area contributed by atoms with Crippen molar-refractivity contribution in [2.75, 3.05) is 0 Å². The number of carbonyl (C=O) groups is 1. The standard InChI is InChI=1S/C15H11ClN2O3/c1-2-11-12(15(19)20)14(18-21-11)9-5-6-10(16)8-4-3-7-17-13(8)9/h3-7H,2H2,1H3,(H,19,20). The molecule has 21 heavy (non-hydrogen) atoms. The number of aromatic nitrogens is 2. The molecule has 0 aliphatic heterocycles. The summed E-state index contributed by atoms with van der Waals surface area (Å²) in [7, 11) is 0. The first kappa shape index (κ1) is 13.6. The minimum Gasteiger partial charge on any atom is -0.477 e. The highest BCUT2D eigenvalue weighted by Gasteiger charge is 2.24. The number of hydrogen-bond acceptors (Lipinski definition) is 4. The van der Waals surface area contributed by atoms with Crippen LogP contribution in [0.25, 0.3) is 22.2 Å². The third kappa shape index (κ3) is 2.15. The molecule has 6 heteroatoms. The van der Waals surface area contributed by atoms with Gasteiger partial charge in [-0.1, -0.05) is 23.7 Å². The fraction of sp³-hybridized carbons (Fsp3) is 0.133. The lowest BCUT2D eigenvalue weighted by Gasteiger charge is -2.05. The number of fused-ring (bicyclic) bond motifs is 1. The summed E-state index contributed by atoms with van der Waals surface area (Å²) in [5.41, 5.74) is 1.55. The van der Waals surface area contributed by atoms with Crippen molar-refractivity contribution in [1.29, 1.82) is 0 Å². The van der Waals surface area contributed by atoms with Gasteiger partial charge in [-0.3, -0.25) is 4.98 Å². The second-order valence-corrected chi connectivity index (χ2v) is 4.89. The predicted molar refractivity (Wildman–Crippen MR) is 78.6 cm³/mol. The maximum atomic E-state index is 11.5. The van der Waals surface area contributed by atoms with Crippen LogP contribution >= 0.6 is 11.6 Å². The van der Waals surface area contributed by atoms with Crippen molar-refractivity contribution in [3.63, 3.8) is 0 Å². The van der Waals surface area contributed by atoms with Gasteiger partial charge in [-0.15, -0.1) is 0 Å². The highest BCUT2D eigenvalue weighted by atomic mass is 35.5. The minimum absolute atomic E-state index is 0.0757. The van der Waals surface area contributed by atoms with Crippen LogP contribution in [0.3, 0.4) is 0 Å². The van der Waals surface area contributed by atoms with Crippen LogP contribution in [0, 0.1) is 0 Å². The monoisotopic (exact) mass is 302 g/mol. The van der Waals surface area contributed by atoms with Crippen molar-refractivity contribution in [3.8, 4) is 11.3 Å². The smallest absolute Gasteiger partial charge is 0.341 e. The predicted octanol–water partition coefficient (Wildman–Crippen LogP) is 3.80. The average Bonchev–Trinajstić information content (AvgIpc) is 2.92. The molecule has 3 aromatic rings. The SMILES string of the molecule is CCc1onc(-c2ccc(Cl)c3cccnc23)c1C(=O)O. The lowest BCUT2D eigenvalue weighted by Crippen LogP contribution is -2.01. The molecule has 0 spiro atoms. The highest BCUT2D eigenvalue weighted by molar-refractivity contribution is 6.35. The Balaban J connectivity index is 2.34. The van der Waals surface area contributed by atoms with Gasteiger partial charge in [0.1, 0.15) is 11.3 Å². The first-order chi connectivity index (χ1) is 10.1. The number of nitrogens with zero attached hydrogens (tertiary/aromatic N) is 2. The maximum Gasteiger partial charge on any atom is 0.341 e. The Morgan fingerprint density at radius 1 is 1.38 bits per heavy atom. The Labute approximate surface area is 125 Å². The van der Waals surface area contributed by atoms with Crippen LogP contribution in [0.5, 0.6) is 0 Å². The van der Waals surface area contributed by atoms with Crippen LogP contribution in [0.2, 0.25) is 5.02 Å². The molecule has 1 N–H and O–H groups in total. The summed E-state index contributed by atoms with van der Waals surface area (Å²) in [5.74, 6) is -0.723. The Morgan fingerprint density at radius 2 is 2.19 bits per heavy atom. The summed E-state index contributed by atoms with van der Waals surface area (Å²) in [6.07, 6.45) is 2.08. The zero-order valence-corrected chi connectivity index (χ0v) is 11.9. The molecule has 0 amide bonds. The van der Waals surface area contributed by atoms with E-state index in [9.17, 15) is 9.90 Å². The lowest BCUT2D eigenvalue weighted by atomic mass is 10.0. The van der Waals surface area contributed by atoms with Crippen molar-refractivity contribution in [2.45, 2.75) is 13.3 Å². The summed E-state index contributed by atoms with van der Waals surface area (Å²) >= 11 is 6.15. The van der Waals surface area contributed by atoms with Crippen LogP contribution in [-0.4, -0.2) is 21.2 Å². The normalized spacial score (nSPS) is 11.0. The van der Waals surface area contributed by atoms with E-state index in [4.69, 9.17) is 16.1 Å². The number of halogens is 1. The van der Waals surface area contributed by atoms with E-state index >= 15 is 0 Å². The first-order valence-corrected chi connectivity index (χ1v) is 6.76. The molecule has 0 bridgehead atoms. The summed E-state index contributed by atoms with van der Waals surface area (Å²) in [6, 6.07) is 7.01. The van der Waals surface area contributed by atoms with Gasteiger partial charge in [0.15, 0.2) is 5.76 Å². The van der Waals surface area contributed by atoms with E-state index in [1.165, 1.54) is 0 Å². The molecule has 0 atom stereocenters. The summed E-state index contributed by atoms with van der Waals surface area (Å²) in [6.45, 7) is 1.81. The molecule has 5 nitrogen and oxygen atoms in total. The second-order valence-electron chi connectivity index (χ2n) is 4.48. The van der Waals surface area contributed by atoms with Gasteiger partial charge in [0, 0.05) is 23.6 Å². The van der Waals surface area contributed by atoms with Gasteiger partial charge >= 0.3 is 5.97 Å². The number of aryl methyl sites for hydroxylation is 1. The average molecular weight is 303 g/mol. The molecule has 3 rings (SSSR count). The van der Waals surface area contributed by atoms with E-state index in [0.29, 0.717) is 28.3 Å². The van der Waals surface area contributed by atoms with E-state index in [1.54, 1.807) is 24.4 Å². The quantitative estimate of drug-likeness (QED) is 0.796. The number of pyridine rings is 1. The third-order valence-electron chi connectivity index (χ3n) is 3.27. The molecule has 0 fully saturated rings. The second kappa shape index (κ2) is 5.18. The van der Waals surface area contributed by atoms with E-state index in [2.05, 4.69) is 10.1 Å². The molecule has 0 saturated carbocycles. The van der Waals surface area contributed by atoms with Crippen LogP contribution in [0.15, 0.2) is 35.0 Å². The fourth-order valence-electron chi connectivity index (χ4n) is 2.30. The third-order valence-corrected chi connectivity index (χ3v) is 3.60. The molecule has 2 aromatic heterocycles. The molecule has 2 heterocycles. The van der Waals surface area contributed by atoms with Crippen LogP contribution in [0.4, 0.5) is 0 Å². The Hall–Kier alpha value is -2.40. The number of aromatic carboxylic acids is 1. The van der Waals surface area contributed by atoms with Crippen molar-refractivity contribution in [2.24, 2.45) is 0 Å². The molecule has 0 radical (unpaired) electrons. The molecule has 0 aliphatic rings. The summed E-state index contributed by atoms with van der Waals surface area (Å²) in [5, 5.41) is 14.6.